The minimum atomic E-state index is 0.0249. The summed E-state index contributed by atoms with van der Waals surface area (Å²) in [5, 5.41) is 3.12. The third-order valence-electron chi connectivity index (χ3n) is 4.34. The molecule has 1 aromatic rings. The van der Waals surface area contributed by atoms with Crippen molar-refractivity contribution in [1.82, 2.24) is 15.1 Å². The Morgan fingerprint density at radius 2 is 2.04 bits per heavy atom. The zero-order valence-corrected chi connectivity index (χ0v) is 16.0. The number of hydrogen-bond donors (Lipinski definition) is 1. The third kappa shape index (κ3) is 5.65. The monoisotopic (exact) mass is 347 g/mol. The van der Waals surface area contributed by atoms with Gasteiger partial charge in [0.25, 0.3) is 5.91 Å². The molecule has 1 fully saturated rings. The van der Waals surface area contributed by atoms with E-state index in [4.69, 9.17) is 0 Å². The van der Waals surface area contributed by atoms with Gasteiger partial charge < -0.3 is 10.2 Å². The van der Waals surface area contributed by atoms with E-state index in [-0.39, 0.29) is 5.91 Å². The molecule has 4 nitrogen and oxygen atoms in total. The number of piperazine rings is 1. The molecule has 0 radical (unpaired) electrons. The lowest BCUT2D eigenvalue weighted by Crippen LogP contribution is -2.54. The van der Waals surface area contributed by atoms with Crippen LogP contribution in [0.2, 0.25) is 0 Å². The summed E-state index contributed by atoms with van der Waals surface area (Å²) in [5.41, 5.74) is 2.07. The highest BCUT2D eigenvalue weighted by atomic mass is 32.2. The minimum absolute atomic E-state index is 0.0249. The van der Waals surface area contributed by atoms with Gasteiger partial charge in [-0.3, -0.25) is 9.69 Å². The molecule has 1 heterocycles. The highest BCUT2D eigenvalue weighted by Gasteiger charge is 2.23. The number of carbonyl (C=O) groups is 1. The molecule has 0 unspecified atom stereocenters. The Bertz CT molecular complexity index is 584. The van der Waals surface area contributed by atoms with Crippen molar-refractivity contribution < 1.29 is 4.79 Å². The number of rotatable bonds is 6. The number of amides is 1. The molecule has 1 aliphatic heterocycles. The molecule has 5 heteroatoms. The van der Waals surface area contributed by atoms with Gasteiger partial charge in [-0.25, -0.2) is 0 Å². The molecule has 2 rings (SSSR count). The molecule has 0 saturated carbocycles. The van der Waals surface area contributed by atoms with Crippen LogP contribution >= 0.6 is 11.8 Å². The van der Waals surface area contributed by atoms with E-state index in [1.807, 2.05) is 24.3 Å². The zero-order valence-electron chi connectivity index (χ0n) is 15.2. The number of hydrogen-bond acceptors (Lipinski definition) is 4. The second kappa shape index (κ2) is 9.25. The summed E-state index contributed by atoms with van der Waals surface area (Å²) in [5.74, 6) is 0.917. The van der Waals surface area contributed by atoms with Gasteiger partial charge in [-0.15, -0.1) is 11.8 Å². The fourth-order valence-electron chi connectivity index (χ4n) is 2.71. The second-order valence-corrected chi connectivity index (χ2v) is 7.76. The first-order valence-electron chi connectivity index (χ1n) is 8.49. The summed E-state index contributed by atoms with van der Waals surface area (Å²) in [7, 11) is 4.27. The van der Waals surface area contributed by atoms with Gasteiger partial charge in [0.05, 0.1) is 5.56 Å². The molecule has 0 aromatic heterocycles. The topological polar surface area (TPSA) is 35.6 Å². The number of likely N-dealkylation sites (N-methyl/N-ethyl adjacent to an activating group) is 2. The minimum Gasteiger partial charge on any atom is -0.350 e. The normalized spacial score (nSPS) is 19.1. The molecule has 0 aliphatic carbocycles. The van der Waals surface area contributed by atoms with E-state index >= 15 is 0 Å². The number of nitrogens with zero attached hydrogens (tertiary/aromatic N) is 2. The van der Waals surface area contributed by atoms with Crippen molar-refractivity contribution in [2.45, 2.75) is 24.8 Å². The first kappa shape index (κ1) is 19.0. The summed E-state index contributed by atoms with van der Waals surface area (Å²) in [6.07, 6.45) is 2.19. The summed E-state index contributed by atoms with van der Waals surface area (Å²) in [6.45, 7) is 8.01. The van der Waals surface area contributed by atoms with Crippen molar-refractivity contribution in [1.29, 1.82) is 0 Å². The van der Waals surface area contributed by atoms with Crippen LogP contribution in [0.3, 0.4) is 0 Å². The van der Waals surface area contributed by atoms with E-state index in [1.54, 1.807) is 11.8 Å². The van der Waals surface area contributed by atoms with Gasteiger partial charge in [-0.05, 0) is 40.1 Å². The maximum absolute atomic E-state index is 12.6. The molecule has 1 aromatic carbocycles. The Morgan fingerprint density at radius 1 is 1.29 bits per heavy atom. The van der Waals surface area contributed by atoms with Gasteiger partial charge in [0.2, 0.25) is 0 Å². The fourth-order valence-corrected chi connectivity index (χ4v) is 3.79. The number of thioether (sulfide) groups is 1. The van der Waals surface area contributed by atoms with Gasteiger partial charge in [0.1, 0.15) is 0 Å². The van der Waals surface area contributed by atoms with Crippen molar-refractivity contribution in [3.05, 3.63) is 41.5 Å². The SMILES string of the molecule is CC(C)=CCSc1ccccc1C(=O)NC[C@H]1CN(C)CCN1C. The molecule has 1 N–H and O–H groups in total. The summed E-state index contributed by atoms with van der Waals surface area (Å²) < 4.78 is 0. The molecule has 0 bridgehead atoms. The smallest absolute Gasteiger partial charge is 0.252 e. The Kier molecular flexibility index (Phi) is 7.34. The summed E-state index contributed by atoms with van der Waals surface area (Å²) in [4.78, 5) is 18.3. The maximum atomic E-state index is 12.6. The van der Waals surface area contributed by atoms with Crippen molar-refractivity contribution >= 4 is 17.7 Å². The Labute approximate surface area is 150 Å². The standard InChI is InChI=1S/C19H29N3OS/c1-15(2)9-12-24-18-8-6-5-7-17(18)19(23)20-13-16-14-21(3)10-11-22(16)4/h5-9,16H,10-14H2,1-4H3,(H,20,23)/t16-/m0/s1. The van der Waals surface area contributed by atoms with Crippen molar-refractivity contribution in [3.8, 4) is 0 Å². The average molecular weight is 348 g/mol. The van der Waals surface area contributed by atoms with Crippen molar-refractivity contribution in [3.63, 3.8) is 0 Å². The molecule has 24 heavy (non-hydrogen) atoms. The lowest BCUT2D eigenvalue weighted by Gasteiger charge is -2.37. The van der Waals surface area contributed by atoms with E-state index in [1.165, 1.54) is 5.57 Å². The lowest BCUT2D eigenvalue weighted by molar-refractivity contribution is 0.0878. The van der Waals surface area contributed by atoms with Crippen LogP contribution in [-0.2, 0) is 0 Å². The van der Waals surface area contributed by atoms with Crippen molar-refractivity contribution in [2.24, 2.45) is 0 Å². The predicted molar refractivity (Wildman–Crippen MR) is 103 cm³/mol. The third-order valence-corrected chi connectivity index (χ3v) is 5.34. The van der Waals surface area contributed by atoms with Gasteiger partial charge in [0.15, 0.2) is 0 Å². The summed E-state index contributed by atoms with van der Waals surface area (Å²) >= 11 is 1.71. The second-order valence-electron chi connectivity index (χ2n) is 6.70. The van der Waals surface area contributed by atoms with E-state index in [9.17, 15) is 4.79 Å². The van der Waals surface area contributed by atoms with Crippen molar-refractivity contribution in [2.75, 3.05) is 46.0 Å². The number of benzene rings is 1. The van der Waals surface area contributed by atoms with Crippen LogP contribution in [0.4, 0.5) is 0 Å². The molecule has 132 valence electrons. The van der Waals surface area contributed by atoms with Gasteiger partial charge in [-0.2, -0.15) is 0 Å². The Morgan fingerprint density at radius 3 is 2.79 bits per heavy atom. The Balaban J connectivity index is 1.95. The molecule has 0 spiro atoms. The van der Waals surface area contributed by atoms with Gasteiger partial charge >= 0.3 is 0 Å². The van der Waals surface area contributed by atoms with Crippen LogP contribution in [-0.4, -0.2) is 67.8 Å². The van der Waals surface area contributed by atoms with Crippen LogP contribution in [0.5, 0.6) is 0 Å². The first-order chi connectivity index (χ1) is 11.5. The Hall–Kier alpha value is -1.30. The fraction of sp³-hybridized carbons (Fsp3) is 0.526. The van der Waals surface area contributed by atoms with Crippen LogP contribution in [0, 0.1) is 0 Å². The van der Waals surface area contributed by atoms with E-state index < -0.39 is 0 Å². The van der Waals surface area contributed by atoms with Crippen LogP contribution in [0.15, 0.2) is 40.8 Å². The summed E-state index contributed by atoms with van der Waals surface area (Å²) in [6, 6.07) is 8.24. The predicted octanol–water partition coefficient (Wildman–Crippen LogP) is 2.72. The number of allylic oxidation sites excluding steroid dienone is 1. The van der Waals surface area contributed by atoms with E-state index in [2.05, 4.69) is 49.1 Å². The average Bonchev–Trinajstić information content (AvgIpc) is 2.55. The number of carbonyl (C=O) groups excluding carboxylic acids is 1. The molecule has 1 atom stereocenters. The first-order valence-corrected chi connectivity index (χ1v) is 9.48. The molecular formula is C19H29N3OS. The highest BCUT2D eigenvalue weighted by molar-refractivity contribution is 7.99. The van der Waals surface area contributed by atoms with Gasteiger partial charge in [-0.1, -0.05) is 23.8 Å². The molecule has 1 saturated heterocycles. The quantitative estimate of drug-likeness (QED) is 0.634. The largest absolute Gasteiger partial charge is 0.350 e. The van der Waals surface area contributed by atoms with E-state index in [0.717, 1.165) is 35.8 Å². The van der Waals surface area contributed by atoms with E-state index in [0.29, 0.717) is 12.6 Å². The molecule has 1 aliphatic rings. The molecule has 1 amide bonds. The maximum Gasteiger partial charge on any atom is 0.252 e. The van der Waals surface area contributed by atoms with Crippen LogP contribution < -0.4 is 5.32 Å². The molecular weight excluding hydrogens is 318 g/mol. The van der Waals surface area contributed by atoms with Crippen LogP contribution in [0.25, 0.3) is 0 Å². The van der Waals surface area contributed by atoms with Gasteiger partial charge in [0, 0.05) is 42.9 Å². The van der Waals surface area contributed by atoms with Crippen LogP contribution in [0.1, 0.15) is 24.2 Å². The highest BCUT2D eigenvalue weighted by Crippen LogP contribution is 2.23. The zero-order chi connectivity index (χ0) is 17.5. The number of nitrogens with one attached hydrogen (secondary N) is 1. The lowest BCUT2D eigenvalue weighted by atomic mass is 10.1.